The van der Waals surface area contributed by atoms with Crippen molar-refractivity contribution in [3.05, 3.63) is 53.4 Å². The highest BCUT2D eigenvalue weighted by Crippen LogP contribution is 2.33. The first-order valence-electron chi connectivity index (χ1n) is 10.6. The molecular formula is C23H24N6O2. The second-order valence-corrected chi connectivity index (χ2v) is 8.15. The Morgan fingerprint density at radius 1 is 1.13 bits per heavy atom. The van der Waals surface area contributed by atoms with Crippen molar-refractivity contribution < 1.29 is 9.32 Å². The zero-order chi connectivity index (χ0) is 21.5. The average Bonchev–Trinajstić information content (AvgIpc) is 3.49. The molecule has 2 aromatic carbocycles. The van der Waals surface area contributed by atoms with Gasteiger partial charge in [-0.05, 0) is 61.7 Å². The lowest BCUT2D eigenvalue weighted by atomic mass is 10.1. The van der Waals surface area contributed by atoms with E-state index in [0.717, 1.165) is 35.2 Å². The largest absolute Gasteiger partial charge is 0.339 e. The number of hydrogen-bond donors (Lipinski definition) is 0. The van der Waals surface area contributed by atoms with E-state index in [9.17, 15) is 4.79 Å². The lowest BCUT2D eigenvalue weighted by molar-refractivity contribution is -0.117. The fraction of sp³-hybridized carbons (Fsp3) is 0.348. The molecule has 4 aromatic rings. The van der Waals surface area contributed by atoms with Crippen molar-refractivity contribution >= 4 is 22.6 Å². The summed E-state index contributed by atoms with van der Waals surface area (Å²) in [6.45, 7) is 7.59. The summed E-state index contributed by atoms with van der Waals surface area (Å²) in [5, 5.41) is 12.6. The Labute approximate surface area is 179 Å². The molecule has 31 heavy (non-hydrogen) atoms. The standard InChI is InChI=1S/C23H24N6O2/c1-4-9-29-20-8-6-16(11-19(20)25-27-29)22-24-23(31-26-22)17-12-21(30)28(13-17)18-7-5-14(2)15(3)10-18/h5-8,10-11,17H,4,9,12-13H2,1-3H3/t17-/m1/s1. The van der Waals surface area contributed by atoms with Gasteiger partial charge in [0.1, 0.15) is 5.52 Å². The average molecular weight is 416 g/mol. The Hall–Kier alpha value is -3.55. The number of aryl methyl sites for hydroxylation is 3. The number of carbonyl (C=O) groups is 1. The van der Waals surface area contributed by atoms with Gasteiger partial charge in [-0.1, -0.05) is 23.4 Å². The van der Waals surface area contributed by atoms with E-state index in [4.69, 9.17) is 4.52 Å². The van der Waals surface area contributed by atoms with Crippen LogP contribution in [0.2, 0.25) is 0 Å². The minimum absolute atomic E-state index is 0.0713. The number of rotatable bonds is 5. The van der Waals surface area contributed by atoms with Crippen LogP contribution in [-0.2, 0) is 11.3 Å². The second kappa shape index (κ2) is 7.61. The van der Waals surface area contributed by atoms with Crippen molar-refractivity contribution in [2.24, 2.45) is 0 Å². The molecule has 0 bridgehead atoms. The van der Waals surface area contributed by atoms with Gasteiger partial charge in [-0.3, -0.25) is 4.79 Å². The van der Waals surface area contributed by atoms with Crippen LogP contribution in [0.4, 0.5) is 5.69 Å². The van der Waals surface area contributed by atoms with Crippen LogP contribution >= 0.6 is 0 Å². The van der Waals surface area contributed by atoms with Gasteiger partial charge in [-0.15, -0.1) is 5.10 Å². The molecule has 1 fully saturated rings. The highest BCUT2D eigenvalue weighted by atomic mass is 16.5. The van der Waals surface area contributed by atoms with Gasteiger partial charge in [-0.25, -0.2) is 4.68 Å². The maximum atomic E-state index is 12.7. The summed E-state index contributed by atoms with van der Waals surface area (Å²) in [4.78, 5) is 19.1. The first kappa shape index (κ1) is 19.4. The summed E-state index contributed by atoms with van der Waals surface area (Å²) < 4.78 is 7.45. The molecule has 8 nitrogen and oxygen atoms in total. The van der Waals surface area contributed by atoms with Crippen molar-refractivity contribution in [1.29, 1.82) is 0 Å². The quantitative estimate of drug-likeness (QED) is 0.488. The van der Waals surface area contributed by atoms with E-state index in [1.54, 1.807) is 4.90 Å². The SMILES string of the molecule is CCCn1nnc2cc(-c3noc([C@@H]4CC(=O)N(c5ccc(C)c(C)c5)C4)n3)ccc21. The van der Waals surface area contributed by atoms with E-state index >= 15 is 0 Å². The third-order valence-electron chi connectivity index (χ3n) is 5.93. The molecule has 5 rings (SSSR count). The van der Waals surface area contributed by atoms with Crippen molar-refractivity contribution in [2.45, 2.75) is 46.1 Å². The minimum atomic E-state index is -0.121. The Morgan fingerprint density at radius 2 is 2.00 bits per heavy atom. The van der Waals surface area contributed by atoms with Gasteiger partial charge in [0.2, 0.25) is 17.6 Å². The minimum Gasteiger partial charge on any atom is -0.339 e. The zero-order valence-electron chi connectivity index (χ0n) is 17.9. The fourth-order valence-corrected chi connectivity index (χ4v) is 4.02. The first-order valence-corrected chi connectivity index (χ1v) is 10.6. The molecule has 0 saturated carbocycles. The Kier molecular flexibility index (Phi) is 4.77. The molecule has 0 radical (unpaired) electrons. The van der Waals surface area contributed by atoms with E-state index in [1.807, 2.05) is 35.0 Å². The highest BCUT2D eigenvalue weighted by Gasteiger charge is 2.35. The maximum Gasteiger partial charge on any atom is 0.232 e. The molecule has 0 spiro atoms. The first-order chi connectivity index (χ1) is 15.0. The van der Waals surface area contributed by atoms with Gasteiger partial charge in [0, 0.05) is 30.8 Å². The monoisotopic (exact) mass is 416 g/mol. The summed E-state index contributed by atoms with van der Waals surface area (Å²) in [5.41, 5.74) is 5.90. The highest BCUT2D eigenvalue weighted by molar-refractivity contribution is 5.96. The van der Waals surface area contributed by atoms with Gasteiger partial charge in [0.05, 0.1) is 11.4 Å². The van der Waals surface area contributed by atoms with Gasteiger partial charge in [-0.2, -0.15) is 4.98 Å². The molecular weight excluding hydrogens is 392 g/mol. The van der Waals surface area contributed by atoms with Crippen molar-refractivity contribution in [3.8, 4) is 11.4 Å². The predicted octanol–water partition coefficient (Wildman–Crippen LogP) is 4.03. The maximum absolute atomic E-state index is 12.7. The smallest absolute Gasteiger partial charge is 0.232 e. The molecule has 1 amide bonds. The second-order valence-electron chi connectivity index (χ2n) is 8.15. The van der Waals surface area contributed by atoms with Crippen LogP contribution in [0.3, 0.4) is 0 Å². The topological polar surface area (TPSA) is 89.9 Å². The number of fused-ring (bicyclic) bond motifs is 1. The number of nitrogens with zero attached hydrogens (tertiary/aromatic N) is 6. The number of aromatic nitrogens is 5. The predicted molar refractivity (Wildman–Crippen MR) is 117 cm³/mol. The van der Waals surface area contributed by atoms with Gasteiger partial charge >= 0.3 is 0 Å². The van der Waals surface area contributed by atoms with E-state index in [2.05, 4.69) is 47.3 Å². The number of carbonyl (C=O) groups excluding carboxylic acids is 1. The molecule has 8 heteroatoms. The van der Waals surface area contributed by atoms with Crippen LogP contribution in [0.25, 0.3) is 22.4 Å². The molecule has 1 aliphatic rings. The third kappa shape index (κ3) is 3.48. The molecule has 158 valence electrons. The van der Waals surface area contributed by atoms with Crippen molar-refractivity contribution in [2.75, 3.05) is 11.4 Å². The summed E-state index contributed by atoms with van der Waals surface area (Å²) in [6.07, 6.45) is 1.35. The summed E-state index contributed by atoms with van der Waals surface area (Å²) >= 11 is 0. The molecule has 2 aromatic heterocycles. The van der Waals surface area contributed by atoms with Crippen LogP contribution in [-0.4, -0.2) is 37.6 Å². The van der Waals surface area contributed by atoms with E-state index in [1.165, 1.54) is 11.1 Å². The molecule has 1 aliphatic heterocycles. The summed E-state index contributed by atoms with van der Waals surface area (Å²) in [6, 6.07) is 11.9. The molecule has 1 saturated heterocycles. The van der Waals surface area contributed by atoms with Crippen LogP contribution in [0.15, 0.2) is 40.9 Å². The number of hydrogen-bond acceptors (Lipinski definition) is 6. The van der Waals surface area contributed by atoms with Crippen LogP contribution in [0, 0.1) is 13.8 Å². The Morgan fingerprint density at radius 3 is 2.81 bits per heavy atom. The Bertz CT molecular complexity index is 1270. The molecule has 0 unspecified atom stereocenters. The number of amides is 1. The third-order valence-corrected chi connectivity index (χ3v) is 5.93. The van der Waals surface area contributed by atoms with Crippen molar-refractivity contribution in [3.63, 3.8) is 0 Å². The lowest BCUT2D eigenvalue weighted by Crippen LogP contribution is -2.24. The number of anilines is 1. The van der Waals surface area contributed by atoms with E-state index in [0.29, 0.717) is 24.7 Å². The molecule has 1 atom stereocenters. The van der Waals surface area contributed by atoms with E-state index in [-0.39, 0.29) is 11.8 Å². The molecule has 0 N–H and O–H groups in total. The summed E-state index contributed by atoms with van der Waals surface area (Å²) in [7, 11) is 0. The van der Waals surface area contributed by atoms with Gasteiger partial charge in [0.25, 0.3) is 0 Å². The van der Waals surface area contributed by atoms with E-state index < -0.39 is 0 Å². The molecule has 3 heterocycles. The van der Waals surface area contributed by atoms with Crippen LogP contribution < -0.4 is 4.90 Å². The number of benzene rings is 2. The van der Waals surface area contributed by atoms with Crippen LogP contribution in [0.5, 0.6) is 0 Å². The lowest BCUT2D eigenvalue weighted by Gasteiger charge is -2.17. The Balaban J connectivity index is 1.37. The summed E-state index contributed by atoms with van der Waals surface area (Å²) in [5.74, 6) is 0.940. The van der Waals surface area contributed by atoms with Gasteiger partial charge < -0.3 is 9.42 Å². The van der Waals surface area contributed by atoms with Crippen LogP contribution in [0.1, 0.15) is 42.7 Å². The molecule has 0 aliphatic carbocycles. The zero-order valence-corrected chi connectivity index (χ0v) is 17.9. The van der Waals surface area contributed by atoms with Crippen molar-refractivity contribution in [1.82, 2.24) is 25.1 Å². The normalized spacial score (nSPS) is 16.5. The van der Waals surface area contributed by atoms with Gasteiger partial charge in [0.15, 0.2) is 0 Å². The fourth-order valence-electron chi connectivity index (χ4n) is 4.02.